The molecule has 3 heterocycles. The van der Waals surface area contributed by atoms with Crippen LogP contribution in [0.25, 0.3) is 22.3 Å². The van der Waals surface area contributed by atoms with Crippen molar-refractivity contribution in [2.75, 3.05) is 21.2 Å². The van der Waals surface area contributed by atoms with Crippen molar-refractivity contribution in [3.8, 4) is 11.1 Å². The molecule has 8 heteroatoms. The van der Waals surface area contributed by atoms with E-state index in [1.54, 1.807) is 29.1 Å². The summed E-state index contributed by atoms with van der Waals surface area (Å²) in [5, 5.41) is 4.38. The second-order valence-electron chi connectivity index (χ2n) is 5.71. The lowest BCUT2D eigenvalue weighted by molar-refractivity contribution is 0.0606. The van der Waals surface area contributed by atoms with Crippen molar-refractivity contribution < 1.29 is 9.53 Å². The van der Waals surface area contributed by atoms with Crippen molar-refractivity contribution in [3.05, 3.63) is 58.3 Å². The van der Waals surface area contributed by atoms with Gasteiger partial charge in [-0.05, 0) is 6.07 Å². The van der Waals surface area contributed by atoms with E-state index in [9.17, 15) is 4.79 Å². The number of methoxy groups -OCH3 is 1. The highest BCUT2D eigenvalue weighted by Crippen LogP contribution is 2.37. The highest BCUT2D eigenvalue weighted by Gasteiger charge is 2.18. The molecule has 3 aromatic rings. The van der Waals surface area contributed by atoms with Gasteiger partial charge in [0.25, 0.3) is 0 Å². The zero-order valence-electron chi connectivity index (χ0n) is 14.6. The molecule has 0 unspecified atom stereocenters. The maximum Gasteiger partial charge on any atom is 0.348 e. The Bertz CT molecular complexity index is 1020. The minimum absolute atomic E-state index is 0.417. The van der Waals surface area contributed by atoms with E-state index >= 15 is 0 Å². The van der Waals surface area contributed by atoms with E-state index in [-0.39, 0.29) is 0 Å². The number of hydrogen-bond donors (Lipinski definition) is 0. The third-order valence-electron chi connectivity index (χ3n) is 3.67. The summed E-state index contributed by atoms with van der Waals surface area (Å²) in [6, 6.07) is 1.70. The molecule has 0 amide bonds. The van der Waals surface area contributed by atoms with E-state index in [1.807, 2.05) is 31.4 Å². The Kier molecular flexibility index (Phi) is 5.11. The normalized spacial score (nSPS) is 11.6. The predicted molar refractivity (Wildman–Crippen MR) is 105 cm³/mol. The molecule has 6 nitrogen and oxygen atoms in total. The van der Waals surface area contributed by atoms with E-state index in [1.165, 1.54) is 18.4 Å². The number of fused-ring (bicyclic) bond motifs is 1. The largest absolute Gasteiger partial charge is 0.465 e. The predicted octanol–water partition coefficient (Wildman–Crippen LogP) is 3.99. The number of esters is 1. The van der Waals surface area contributed by atoms with E-state index in [0.29, 0.717) is 20.4 Å². The third kappa shape index (κ3) is 3.36. The van der Waals surface area contributed by atoms with Crippen molar-refractivity contribution in [2.24, 2.45) is 0 Å². The molecule has 0 aromatic carbocycles. The van der Waals surface area contributed by atoms with Crippen LogP contribution in [0.15, 0.2) is 43.5 Å². The Morgan fingerprint density at radius 1 is 1.38 bits per heavy atom. The fraction of sp³-hybridized carbons (Fsp3) is 0.167. The molecular weight excluding hydrogens is 372 g/mol. The van der Waals surface area contributed by atoms with Gasteiger partial charge in [-0.25, -0.2) is 14.3 Å². The molecule has 0 aliphatic heterocycles. The van der Waals surface area contributed by atoms with E-state index in [4.69, 9.17) is 16.3 Å². The monoisotopic (exact) mass is 388 g/mol. The van der Waals surface area contributed by atoms with Crippen molar-refractivity contribution >= 4 is 40.1 Å². The Labute approximate surface area is 160 Å². The lowest BCUT2D eigenvalue weighted by atomic mass is 10.1. The number of nitrogens with zero attached hydrogens (tertiary/aromatic N) is 4. The van der Waals surface area contributed by atoms with Gasteiger partial charge in [0.2, 0.25) is 0 Å². The number of rotatable bonds is 5. The summed E-state index contributed by atoms with van der Waals surface area (Å²) in [6.45, 7) is 3.85. The molecule has 0 saturated heterocycles. The summed E-state index contributed by atoms with van der Waals surface area (Å²) < 4.78 is 6.93. The van der Waals surface area contributed by atoms with Crippen LogP contribution in [-0.2, 0) is 4.74 Å². The Morgan fingerprint density at radius 2 is 2.15 bits per heavy atom. The molecule has 0 spiro atoms. The smallest absolute Gasteiger partial charge is 0.348 e. The minimum atomic E-state index is -0.417. The Morgan fingerprint density at radius 3 is 2.81 bits per heavy atom. The number of ether oxygens (including phenoxy) is 1. The zero-order valence-corrected chi connectivity index (χ0v) is 16.1. The van der Waals surface area contributed by atoms with Crippen molar-refractivity contribution in [2.45, 2.75) is 0 Å². The molecule has 0 aliphatic carbocycles. The van der Waals surface area contributed by atoms with Gasteiger partial charge >= 0.3 is 5.97 Å². The number of thiophene rings is 1. The number of aromatic nitrogens is 3. The summed E-state index contributed by atoms with van der Waals surface area (Å²) in [5.41, 5.74) is 3.94. The van der Waals surface area contributed by atoms with Gasteiger partial charge in [0, 0.05) is 55.0 Å². The van der Waals surface area contributed by atoms with Crippen LogP contribution in [0.1, 0.15) is 15.2 Å². The number of carbonyl (C=O) groups is 1. The molecule has 0 bridgehead atoms. The lowest BCUT2D eigenvalue weighted by Gasteiger charge is -2.09. The first-order chi connectivity index (χ1) is 12.4. The van der Waals surface area contributed by atoms with Gasteiger partial charge in [-0.1, -0.05) is 24.3 Å². The number of carbonyl (C=O) groups excluding carboxylic acids is 1. The van der Waals surface area contributed by atoms with Crippen LogP contribution >= 0.6 is 22.9 Å². The average molecular weight is 389 g/mol. The number of halogens is 1. The standard InChI is InChI=1S/C18H17ClN4O2S/c1-5-11(9-22(2)3)12-7-20-17-14(8-21-23(17)10-12)13-6-15(18(24)25-4)26-16(13)19/h5-10H,1H2,2-4H3/b11-9+. The maximum atomic E-state index is 11.7. The van der Waals surface area contributed by atoms with Crippen molar-refractivity contribution in [1.29, 1.82) is 0 Å². The average Bonchev–Trinajstić information content (AvgIpc) is 3.21. The molecule has 0 N–H and O–H groups in total. The van der Waals surface area contributed by atoms with Crippen LogP contribution in [0.5, 0.6) is 0 Å². The molecule has 26 heavy (non-hydrogen) atoms. The van der Waals surface area contributed by atoms with Gasteiger partial charge in [0.15, 0.2) is 5.65 Å². The quantitative estimate of drug-likeness (QED) is 0.488. The number of allylic oxidation sites excluding steroid dienone is 2. The number of hydrogen-bond acceptors (Lipinski definition) is 6. The molecule has 134 valence electrons. The van der Waals surface area contributed by atoms with Gasteiger partial charge < -0.3 is 9.64 Å². The first-order valence-corrected chi connectivity index (χ1v) is 8.86. The summed E-state index contributed by atoms with van der Waals surface area (Å²) >= 11 is 7.49. The summed E-state index contributed by atoms with van der Waals surface area (Å²) in [4.78, 5) is 18.6. The molecular formula is C18H17ClN4O2S. The minimum Gasteiger partial charge on any atom is -0.465 e. The van der Waals surface area contributed by atoms with E-state index < -0.39 is 5.97 Å². The van der Waals surface area contributed by atoms with Crippen LogP contribution in [-0.4, -0.2) is 46.7 Å². The zero-order chi connectivity index (χ0) is 18.8. The van der Waals surface area contributed by atoms with Crippen molar-refractivity contribution in [1.82, 2.24) is 19.5 Å². The summed E-state index contributed by atoms with van der Waals surface area (Å²) in [5.74, 6) is -0.417. The molecule has 3 rings (SSSR count). The summed E-state index contributed by atoms with van der Waals surface area (Å²) in [6.07, 6.45) is 9.05. The molecule has 0 radical (unpaired) electrons. The van der Waals surface area contributed by atoms with Gasteiger partial charge in [-0.2, -0.15) is 5.10 Å². The topological polar surface area (TPSA) is 59.7 Å². The maximum absolute atomic E-state index is 11.7. The highest BCUT2D eigenvalue weighted by atomic mass is 35.5. The molecule has 0 fully saturated rings. The molecule has 0 aliphatic rings. The van der Waals surface area contributed by atoms with Gasteiger partial charge in [0.05, 0.1) is 13.3 Å². The second-order valence-corrected chi connectivity index (χ2v) is 7.37. The van der Waals surface area contributed by atoms with Gasteiger partial charge in [0.1, 0.15) is 9.21 Å². The first kappa shape index (κ1) is 18.2. The third-order valence-corrected chi connectivity index (χ3v) is 5.01. The van der Waals surface area contributed by atoms with E-state index in [2.05, 4.69) is 16.7 Å². The molecule has 0 saturated carbocycles. The van der Waals surface area contributed by atoms with Gasteiger partial charge in [-0.3, -0.25) is 0 Å². The second kappa shape index (κ2) is 7.31. The SMILES string of the molecule is C=C/C(=C\N(C)C)c1cnc2c(-c3cc(C(=O)OC)sc3Cl)cnn2c1. The van der Waals surface area contributed by atoms with Crippen LogP contribution in [0, 0.1) is 0 Å². The first-order valence-electron chi connectivity index (χ1n) is 7.67. The van der Waals surface area contributed by atoms with Crippen LogP contribution in [0.3, 0.4) is 0 Å². The van der Waals surface area contributed by atoms with Crippen molar-refractivity contribution in [3.63, 3.8) is 0 Å². The van der Waals surface area contributed by atoms with Crippen LogP contribution < -0.4 is 0 Å². The fourth-order valence-electron chi connectivity index (χ4n) is 2.49. The Hall–Kier alpha value is -2.64. The van der Waals surface area contributed by atoms with Crippen LogP contribution in [0.4, 0.5) is 0 Å². The molecule has 0 atom stereocenters. The van der Waals surface area contributed by atoms with E-state index in [0.717, 1.165) is 16.7 Å². The lowest BCUT2D eigenvalue weighted by Crippen LogP contribution is -2.03. The fourth-order valence-corrected chi connectivity index (χ4v) is 3.71. The van der Waals surface area contributed by atoms with Gasteiger partial charge in [-0.15, -0.1) is 11.3 Å². The summed E-state index contributed by atoms with van der Waals surface area (Å²) in [7, 11) is 5.23. The Balaban J connectivity index is 2.07. The highest BCUT2D eigenvalue weighted by molar-refractivity contribution is 7.18. The molecule has 3 aromatic heterocycles. The van der Waals surface area contributed by atoms with Crippen LogP contribution in [0.2, 0.25) is 4.34 Å².